The number of aromatic amines is 2. The Morgan fingerprint density at radius 3 is 1.58 bits per heavy atom. The lowest BCUT2D eigenvalue weighted by Gasteiger charge is -2.15. The van der Waals surface area contributed by atoms with E-state index in [2.05, 4.69) is 202 Å². The molecule has 0 bridgehead atoms. The van der Waals surface area contributed by atoms with Crippen molar-refractivity contribution in [3.63, 3.8) is 0 Å². The van der Waals surface area contributed by atoms with E-state index in [-0.39, 0.29) is 16.7 Å². The van der Waals surface area contributed by atoms with Crippen LogP contribution in [0, 0.1) is 34.6 Å². The van der Waals surface area contributed by atoms with Gasteiger partial charge in [-0.3, -0.25) is 24.5 Å². The first-order valence-electron chi connectivity index (χ1n) is 42.6. The maximum absolute atomic E-state index is 11.5. The number of hydrogen-bond donors (Lipinski definition) is 2. The molecule has 0 amide bonds. The van der Waals surface area contributed by atoms with Crippen LogP contribution in [0.1, 0.15) is 189 Å². The van der Waals surface area contributed by atoms with E-state index in [0.717, 1.165) is 32.6 Å². The second-order valence-corrected chi connectivity index (χ2v) is 27.1. The number of fused-ring (bicyclic) bond motifs is 12. The Kier molecular flexibility index (Phi) is 51.4. The summed E-state index contributed by atoms with van der Waals surface area (Å²) in [5.74, 6) is 0. The summed E-state index contributed by atoms with van der Waals surface area (Å²) < 4.78 is 13.7. The largest absolute Gasteiger partial charge is 0.456 e. The van der Waals surface area contributed by atoms with Crippen molar-refractivity contribution < 1.29 is 4.42 Å². The van der Waals surface area contributed by atoms with Gasteiger partial charge in [-0.25, -0.2) is 15.0 Å². The molecule has 9 aromatic heterocycles. The van der Waals surface area contributed by atoms with Gasteiger partial charge in [0.05, 0.1) is 41.6 Å². The number of nitrogens with zero attached hydrogens (tertiary/aromatic N) is 9. The molecule has 17 aromatic rings. The Morgan fingerprint density at radius 2 is 0.924 bits per heavy atom. The Bertz CT molecular complexity index is 5580. The van der Waals surface area contributed by atoms with Gasteiger partial charge < -0.3 is 28.0 Å². The van der Waals surface area contributed by atoms with E-state index < -0.39 is 0 Å². The number of hydrogen-bond acceptors (Lipinski definition) is 12. The fourth-order valence-corrected chi connectivity index (χ4v) is 13.9. The van der Waals surface area contributed by atoms with Gasteiger partial charge in [-0.15, -0.1) is 22.7 Å². The number of benzene rings is 8. The molecule has 2 aliphatic rings. The van der Waals surface area contributed by atoms with Crippen molar-refractivity contribution in [1.82, 2.24) is 53.7 Å². The first-order chi connectivity index (χ1) is 57.6. The van der Waals surface area contributed by atoms with E-state index in [4.69, 9.17) is 4.42 Å². The van der Waals surface area contributed by atoms with Gasteiger partial charge in [0.2, 0.25) is 0 Å². The van der Waals surface area contributed by atoms with Crippen molar-refractivity contribution in [3.05, 3.63) is 301 Å². The molecule has 19 rings (SSSR count). The van der Waals surface area contributed by atoms with Crippen molar-refractivity contribution >= 4 is 119 Å². The standard InChI is InChI=1S/C13H10O.C13H10S.C11H14.C10H9N.C9H8N2O.C9H9N.C7H6N2OS.C6H6N4O.C5H11N.9C2H6/c2*1-9-5-4-7-11-10-6-2-3-8-12(10)14-13(9)11;1-9-6-7-10-4-2-3-5-11(10)8-9;1-8-6-9-4-2-3-5-10(9)7-11-8;1-11-6-10-8-5-3-2-4-7(8)9(11)12;1-7-2-3-9-8(6-7)4-5-10-9;1-9-4-8-5-2-3-11-6(5)7(9)10;1-10-3-7-5-4(6(10)11)2-8-9-5;1-6-4-2-3-5-6;9*1-2/h2*2-8H,1H3;6-8H,2-5H2,1H3;2-7H,1H3;2-6H,1H3;2-6,10H,1H3;2-4H,1H3;2-3H,1H3,(H,8,9);2-5H2,1H3;9*1-2H3. The van der Waals surface area contributed by atoms with E-state index in [9.17, 15) is 14.4 Å². The number of H-pyrrole nitrogens is 2. The minimum atomic E-state index is -0.0799. The quantitative estimate of drug-likeness (QED) is 0.148. The van der Waals surface area contributed by atoms with Crippen LogP contribution in [0.2, 0.25) is 0 Å². The number of para-hydroxylation sites is 3. The van der Waals surface area contributed by atoms with Crippen molar-refractivity contribution in [2.75, 3.05) is 20.1 Å². The zero-order valence-electron chi connectivity index (χ0n) is 76.1. The molecule has 8 aromatic carbocycles. The van der Waals surface area contributed by atoms with Gasteiger partial charge in [-0.2, -0.15) is 5.10 Å². The number of rotatable bonds is 0. The molecule has 0 radical (unpaired) electrons. The minimum absolute atomic E-state index is 0.000556. The molecule has 1 aliphatic heterocycles. The molecule has 0 unspecified atom stereocenters. The maximum atomic E-state index is 11.5. The molecule has 1 fully saturated rings. The topological polar surface area (TPSA) is 178 Å². The predicted molar refractivity (Wildman–Crippen MR) is 520 cm³/mol. The summed E-state index contributed by atoms with van der Waals surface area (Å²) in [6, 6.07) is 64.4. The average Bonchev–Trinajstić information content (AvgIpc) is 1.63. The van der Waals surface area contributed by atoms with Crippen LogP contribution in [0.15, 0.2) is 250 Å². The van der Waals surface area contributed by atoms with Crippen LogP contribution in [-0.4, -0.2) is 73.9 Å². The molecule has 118 heavy (non-hydrogen) atoms. The zero-order chi connectivity index (χ0) is 88.1. The monoisotopic (exact) mass is 1630 g/mol. The lowest BCUT2D eigenvalue weighted by molar-refractivity contribution is 0.418. The van der Waals surface area contributed by atoms with E-state index in [1.807, 2.05) is 215 Å². The Balaban J connectivity index is 0.000000441. The lowest BCUT2D eigenvalue weighted by Crippen LogP contribution is -2.16. The van der Waals surface area contributed by atoms with Gasteiger partial charge in [0.25, 0.3) is 16.7 Å². The van der Waals surface area contributed by atoms with Crippen molar-refractivity contribution in [1.29, 1.82) is 0 Å². The SMILES string of the molecule is CC.CC.CC.CC.CC.CC.CC.CC.CC.CN1CCCC1.Cc1cc2ccccc2cn1.Cc1ccc2[nH]ccc2c1.Cc1ccc2c(c1)CCCC2.Cc1cccc2c1oc1ccccc12.Cc1cccc2c1sc1ccccc12.Cn1cnc2[nH]ncc2c1=O.Cn1cnc2ccccc2c1=O.Cn1cnc2ccsc2c1=O. The van der Waals surface area contributed by atoms with Crippen LogP contribution < -0.4 is 16.7 Å². The normalized spacial score (nSPS) is 10.8. The highest BCUT2D eigenvalue weighted by Crippen LogP contribution is 2.35. The summed E-state index contributed by atoms with van der Waals surface area (Å²) in [7, 11) is 7.23. The number of pyridine rings is 1. The minimum Gasteiger partial charge on any atom is -0.456 e. The fourth-order valence-electron chi connectivity index (χ4n) is 11.9. The molecule has 10 heterocycles. The highest BCUT2D eigenvalue weighted by atomic mass is 32.1. The summed E-state index contributed by atoms with van der Waals surface area (Å²) >= 11 is 3.32. The van der Waals surface area contributed by atoms with Gasteiger partial charge in [0.1, 0.15) is 21.3 Å². The lowest BCUT2D eigenvalue weighted by atomic mass is 9.91. The molecule has 1 aliphatic carbocycles. The molecule has 1 saturated heterocycles. The molecule has 2 N–H and O–H groups in total. The number of aromatic nitrogens is 10. The van der Waals surface area contributed by atoms with E-state index in [1.54, 1.807) is 38.3 Å². The molecule has 0 saturated carbocycles. The second-order valence-electron chi connectivity index (χ2n) is 25.1. The molecule has 17 heteroatoms. The van der Waals surface area contributed by atoms with Crippen LogP contribution in [0.25, 0.3) is 95.9 Å². The average molecular weight is 1630 g/mol. The van der Waals surface area contributed by atoms with E-state index in [0.29, 0.717) is 16.4 Å². The van der Waals surface area contributed by atoms with Crippen molar-refractivity contribution in [2.24, 2.45) is 21.1 Å². The smallest absolute Gasteiger partial charge is 0.271 e. The molecule has 0 atom stereocenters. The van der Waals surface area contributed by atoms with Gasteiger partial charge in [0, 0.05) is 81.1 Å². The summed E-state index contributed by atoms with van der Waals surface area (Å²) in [4.78, 5) is 55.9. The number of thiophene rings is 2. The van der Waals surface area contributed by atoms with Crippen LogP contribution >= 0.6 is 22.7 Å². The maximum Gasteiger partial charge on any atom is 0.271 e. The summed E-state index contributed by atoms with van der Waals surface area (Å²) in [5, 5.41) is 18.3. The van der Waals surface area contributed by atoms with Crippen molar-refractivity contribution in [2.45, 2.75) is 198 Å². The number of likely N-dealkylation sites (tertiary alicyclic amines) is 1. The Morgan fingerprint density at radius 1 is 0.398 bits per heavy atom. The van der Waals surface area contributed by atoms with Crippen LogP contribution in [-0.2, 0) is 34.0 Å². The van der Waals surface area contributed by atoms with Crippen molar-refractivity contribution in [3.8, 4) is 0 Å². The van der Waals surface area contributed by atoms with Gasteiger partial charge in [-0.1, -0.05) is 269 Å². The van der Waals surface area contributed by atoms with Crippen LogP contribution in [0.4, 0.5) is 0 Å². The molecule has 15 nitrogen and oxygen atoms in total. The summed E-state index contributed by atoms with van der Waals surface area (Å²) in [6.07, 6.45) is 18.1. The van der Waals surface area contributed by atoms with Gasteiger partial charge in [-0.05, 0) is 186 Å². The molecular weight excluding hydrogens is 1500 g/mol. The first-order valence-corrected chi connectivity index (χ1v) is 44.3. The number of furan rings is 1. The third-order valence-corrected chi connectivity index (χ3v) is 19.6. The summed E-state index contributed by atoms with van der Waals surface area (Å²) in [6.45, 7) is 49.2. The number of nitrogens with one attached hydrogen (secondary N) is 2. The van der Waals surface area contributed by atoms with Crippen LogP contribution in [0.3, 0.4) is 0 Å². The third-order valence-electron chi connectivity index (χ3n) is 17.4. The molecule has 632 valence electrons. The molecule has 0 spiro atoms. The van der Waals surface area contributed by atoms with Crippen LogP contribution in [0.5, 0.6) is 0 Å². The highest BCUT2D eigenvalue weighted by Gasteiger charge is 2.11. The third kappa shape index (κ3) is 31.1. The van der Waals surface area contributed by atoms with Gasteiger partial charge in [0.15, 0.2) is 5.65 Å². The predicted octanol–water partition coefficient (Wildman–Crippen LogP) is 27.7. The first kappa shape index (κ1) is 103. The van der Waals surface area contributed by atoms with E-state index in [1.165, 1.54) is 177 Å². The Labute approximate surface area is 712 Å². The zero-order valence-corrected chi connectivity index (χ0v) is 77.7. The fraction of sp³-hybridized carbons (Fsp3) is 0.347. The molecular formula is C101H137N11O4S2. The highest BCUT2D eigenvalue weighted by molar-refractivity contribution is 7.26. The van der Waals surface area contributed by atoms with Gasteiger partial charge >= 0.3 is 0 Å². The van der Waals surface area contributed by atoms with E-state index >= 15 is 0 Å². The second kappa shape index (κ2) is 58.8. The number of aryl methyl sites for hydroxylation is 10. The summed E-state index contributed by atoms with van der Waals surface area (Å²) in [5.41, 5.74) is 14.8. The Hall–Kier alpha value is -11.0.